The molecular weight excluding hydrogens is 230 g/mol. The zero-order valence-corrected chi connectivity index (χ0v) is 10.7. The van der Waals surface area contributed by atoms with Crippen LogP contribution in [0.5, 0.6) is 0 Å². The van der Waals surface area contributed by atoms with Gasteiger partial charge < -0.3 is 5.32 Å². The van der Waals surface area contributed by atoms with Crippen molar-refractivity contribution in [2.24, 2.45) is 0 Å². The van der Waals surface area contributed by atoms with Gasteiger partial charge in [-0.3, -0.25) is 0 Å². The number of hydrogen-bond donors (Lipinski definition) is 1. The normalized spacial score (nSPS) is 10.5. The first-order valence-corrected chi connectivity index (χ1v) is 6.12. The fraction of sp³-hybridized carbons (Fsp3) is 0.200. The molecule has 1 nitrogen and oxygen atoms in total. The summed E-state index contributed by atoms with van der Waals surface area (Å²) in [5, 5.41) is 3.93. The minimum absolute atomic E-state index is 0.790. The number of rotatable bonds is 4. The largest absolute Gasteiger partial charge is 0.316 e. The Balaban J connectivity index is 2.05. The van der Waals surface area contributed by atoms with Gasteiger partial charge in [0, 0.05) is 11.6 Å². The monoisotopic (exact) mass is 245 g/mol. The van der Waals surface area contributed by atoms with Crippen LogP contribution in [0.25, 0.3) is 0 Å². The van der Waals surface area contributed by atoms with E-state index in [2.05, 4.69) is 41.7 Å². The summed E-state index contributed by atoms with van der Waals surface area (Å²) >= 11 is 5.86. The van der Waals surface area contributed by atoms with Crippen LogP contribution in [0.2, 0.25) is 5.02 Å². The van der Waals surface area contributed by atoms with Gasteiger partial charge in [-0.1, -0.05) is 48.0 Å². The molecule has 2 heteroatoms. The Labute approximate surface area is 107 Å². The first kappa shape index (κ1) is 12.2. The highest BCUT2D eigenvalue weighted by atomic mass is 35.5. The molecular formula is C15H16ClN. The summed E-state index contributed by atoms with van der Waals surface area (Å²) in [6.07, 6.45) is 0.955. The standard InChI is InChI=1S/C15H16ClN/c1-17-11-14-4-2-12(3-5-14)10-13-6-8-15(16)9-7-13/h2-9,17H,10-11H2,1H3. The molecule has 17 heavy (non-hydrogen) atoms. The van der Waals surface area contributed by atoms with Gasteiger partial charge >= 0.3 is 0 Å². The third-order valence-electron chi connectivity index (χ3n) is 2.73. The third kappa shape index (κ3) is 3.58. The van der Waals surface area contributed by atoms with Crippen molar-refractivity contribution in [3.63, 3.8) is 0 Å². The van der Waals surface area contributed by atoms with Crippen molar-refractivity contribution in [2.45, 2.75) is 13.0 Å². The van der Waals surface area contributed by atoms with Gasteiger partial charge in [0.1, 0.15) is 0 Å². The van der Waals surface area contributed by atoms with Crippen molar-refractivity contribution in [1.29, 1.82) is 0 Å². The molecule has 0 bridgehead atoms. The fourth-order valence-electron chi connectivity index (χ4n) is 1.82. The van der Waals surface area contributed by atoms with Crippen molar-refractivity contribution >= 4 is 11.6 Å². The SMILES string of the molecule is CNCc1ccc(Cc2ccc(Cl)cc2)cc1. The Morgan fingerprint density at radius 3 is 1.82 bits per heavy atom. The second kappa shape index (κ2) is 5.85. The van der Waals surface area contributed by atoms with E-state index in [1.807, 2.05) is 19.2 Å². The van der Waals surface area contributed by atoms with Crippen molar-refractivity contribution in [3.8, 4) is 0 Å². The molecule has 0 saturated carbocycles. The predicted molar refractivity (Wildman–Crippen MR) is 73.5 cm³/mol. The van der Waals surface area contributed by atoms with Gasteiger partial charge in [-0.05, 0) is 42.3 Å². The number of hydrogen-bond acceptors (Lipinski definition) is 1. The van der Waals surface area contributed by atoms with E-state index in [4.69, 9.17) is 11.6 Å². The molecule has 1 N–H and O–H groups in total. The molecule has 0 heterocycles. The average molecular weight is 246 g/mol. The summed E-state index contributed by atoms with van der Waals surface area (Å²) < 4.78 is 0. The molecule has 0 unspecified atom stereocenters. The summed E-state index contributed by atoms with van der Waals surface area (Å²) in [4.78, 5) is 0. The maximum Gasteiger partial charge on any atom is 0.0406 e. The molecule has 0 spiro atoms. The van der Waals surface area contributed by atoms with E-state index < -0.39 is 0 Å². The van der Waals surface area contributed by atoms with Gasteiger partial charge in [-0.15, -0.1) is 0 Å². The van der Waals surface area contributed by atoms with Crippen LogP contribution in [-0.4, -0.2) is 7.05 Å². The van der Waals surface area contributed by atoms with Crippen LogP contribution in [-0.2, 0) is 13.0 Å². The van der Waals surface area contributed by atoms with Crippen LogP contribution < -0.4 is 5.32 Å². The fourth-order valence-corrected chi connectivity index (χ4v) is 1.94. The summed E-state index contributed by atoms with van der Waals surface area (Å²) in [7, 11) is 1.96. The van der Waals surface area contributed by atoms with Gasteiger partial charge in [0.2, 0.25) is 0 Å². The summed E-state index contributed by atoms with van der Waals surface area (Å²) in [5.74, 6) is 0. The highest BCUT2D eigenvalue weighted by Gasteiger charge is 1.97. The van der Waals surface area contributed by atoms with E-state index in [1.54, 1.807) is 0 Å². The van der Waals surface area contributed by atoms with Crippen LogP contribution >= 0.6 is 11.6 Å². The topological polar surface area (TPSA) is 12.0 Å². The number of nitrogens with one attached hydrogen (secondary N) is 1. The Morgan fingerprint density at radius 1 is 0.824 bits per heavy atom. The second-order valence-corrected chi connectivity index (χ2v) is 4.59. The molecule has 2 rings (SSSR count). The zero-order valence-electron chi connectivity index (χ0n) is 9.91. The van der Waals surface area contributed by atoms with Crippen LogP contribution in [0.15, 0.2) is 48.5 Å². The second-order valence-electron chi connectivity index (χ2n) is 4.15. The molecule has 0 aliphatic carbocycles. The van der Waals surface area contributed by atoms with Gasteiger partial charge in [-0.25, -0.2) is 0 Å². The zero-order chi connectivity index (χ0) is 12.1. The molecule has 0 amide bonds. The molecule has 0 atom stereocenters. The van der Waals surface area contributed by atoms with Crippen molar-refractivity contribution < 1.29 is 0 Å². The molecule has 0 saturated heterocycles. The average Bonchev–Trinajstić information content (AvgIpc) is 2.35. The van der Waals surface area contributed by atoms with Crippen molar-refractivity contribution in [3.05, 3.63) is 70.2 Å². The summed E-state index contributed by atoms with van der Waals surface area (Å²) in [5.41, 5.74) is 3.93. The van der Waals surface area contributed by atoms with Gasteiger partial charge in [0.15, 0.2) is 0 Å². The maximum atomic E-state index is 5.86. The minimum atomic E-state index is 0.790. The van der Waals surface area contributed by atoms with Gasteiger partial charge in [-0.2, -0.15) is 0 Å². The van der Waals surface area contributed by atoms with E-state index in [-0.39, 0.29) is 0 Å². The van der Waals surface area contributed by atoms with E-state index in [1.165, 1.54) is 16.7 Å². The van der Waals surface area contributed by atoms with Crippen LogP contribution in [0, 0.1) is 0 Å². The van der Waals surface area contributed by atoms with E-state index >= 15 is 0 Å². The lowest BCUT2D eigenvalue weighted by molar-refractivity contribution is 0.817. The quantitative estimate of drug-likeness (QED) is 0.867. The highest BCUT2D eigenvalue weighted by molar-refractivity contribution is 6.30. The Morgan fingerprint density at radius 2 is 1.29 bits per heavy atom. The first-order chi connectivity index (χ1) is 8.28. The predicted octanol–water partition coefficient (Wildman–Crippen LogP) is 3.65. The Hall–Kier alpha value is -1.31. The Kier molecular flexibility index (Phi) is 4.18. The molecule has 0 radical (unpaired) electrons. The third-order valence-corrected chi connectivity index (χ3v) is 2.98. The van der Waals surface area contributed by atoms with E-state index in [0.717, 1.165) is 18.0 Å². The molecule has 2 aromatic carbocycles. The van der Waals surface area contributed by atoms with Crippen LogP contribution in [0.4, 0.5) is 0 Å². The van der Waals surface area contributed by atoms with Crippen molar-refractivity contribution in [2.75, 3.05) is 7.05 Å². The summed E-state index contributed by atoms with van der Waals surface area (Å²) in [6, 6.07) is 16.7. The lowest BCUT2D eigenvalue weighted by Crippen LogP contribution is -2.04. The first-order valence-electron chi connectivity index (χ1n) is 5.75. The van der Waals surface area contributed by atoms with E-state index in [0.29, 0.717) is 0 Å². The van der Waals surface area contributed by atoms with E-state index in [9.17, 15) is 0 Å². The lowest BCUT2D eigenvalue weighted by atomic mass is 10.0. The summed E-state index contributed by atoms with van der Waals surface area (Å²) in [6.45, 7) is 0.918. The number of benzene rings is 2. The van der Waals surface area contributed by atoms with Gasteiger partial charge in [0.25, 0.3) is 0 Å². The van der Waals surface area contributed by atoms with Crippen LogP contribution in [0.3, 0.4) is 0 Å². The Bertz CT molecular complexity index is 459. The van der Waals surface area contributed by atoms with Crippen LogP contribution in [0.1, 0.15) is 16.7 Å². The minimum Gasteiger partial charge on any atom is -0.316 e. The molecule has 2 aromatic rings. The lowest BCUT2D eigenvalue weighted by Gasteiger charge is -2.04. The highest BCUT2D eigenvalue weighted by Crippen LogP contribution is 2.14. The molecule has 0 aromatic heterocycles. The maximum absolute atomic E-state index is 5.86. The molecule has 0 aliphatic rings. The van der Waals surface area contributed by atoms with Gasteiger partial charge in [0.05, 0.1) is 0 Å². The smallest absolute Gasteiger partial charge is 0.0406 e. The molecule has 0 aliphatic heterocycles. The molecule has 0 fully saturated rings. The van der Waals surface area contributed by atoms with Crippen molar-refractivity contribution in [1.82, 2.24) is 5.32 Å². The number of halogens is 1. The molecule has 88 valence electrons.